The minimum Gasteiger partial charge on any atom is -0.481 e. The van der Waals surface area contributed by atoms with E-state index in [1.165, 1.54) is 16.6 Å². The molecule has 0 amide bonds. The van der Waals surface area contributed by atoms with E-state index in [2.05, 4.69) is 27.9 Å². The second-order valence-electron chi connectivity index (χ2n) is 4.56. The van der Waals surface area contributed by atoms with Crippen LogP contribution < -0.4 is 0 Å². The monoisotopic (exact) mass is 331 g/mol. The van der Waals surface area contributed by atoms with Crippen LogP contribution in [0.2, 0.25) is 0 Å². The molecule has 3 rings (SSSR count). The Bertz CT molecular complexity index is 818. The van der Waals surface area contributed by atoms with Crippen LogP contribution in [0, 0.1) is 0 Å². The molecule has 5 nitrogen and oxygen atoms in total. The summed E-state index contributed by atoms with van der Waals surface area (Å²) in [7, 11) is 0. The van der Waals surface area contributed by atoms with Crippen molar-refractivity contribution >= 4 is 39.3 Å². The van der Waals surface area contributed by atoms with Gasteiger partial charge in [0, 0.05) is 28.2 Å². The SMILES string of the molecule is CCc1cc2c(SCC(=O)O)nc(-c3cccnc3)nc2s1. The van der Waals surface area contributed by atoms with Crippen molar-refractivity contribution in [1.29, 1.82) is 0 Å². The Balaban J connectivity index is 2.12. The summed E-state index contributed by atoms with van der Waals surface area (Å²) < 4.78 is 0. The molecule has 0 spiro atoms. The summed E-state index contributed by atoms with van der Waals surface area (Å²) in [6.07, 6.45) is 4.33. The van der Waals surface area contributed by atoms with Crippen molar-refractivity contribution in [3.8, 4) is 11.4 Å². The summed E-state index contributed by atoms with van der Waals surface area (Å²) >= 11 is 2.85. The van der Waals surface area contributed by atoms with Crippen LogP contribution in [0.3, 0.4) is 0 Å². The molecule has 0 fully saturated rings. The summed E-state index contributed by atoms with van der Waals surface area (Å²) in [5.74, 6) is -0.292. The second kappa shape index (κ2) is 6.41. The Morgan fingerprint density at radius 1 is 1.41 bits per heavy atom. The Morgan fingerprint density at radius 3 is 2.95 bits per heavy atom. The van der Waals surface area contributed by atoms with Crippen LogP contribution in [0.4, 0.5) is 0 Å². The van der Waals surface area contributed by atoms with Crippen molar-refractivity contribution in [1.82, 2.24) is 15.0 Å². The highest BCUT2D eigenvalue weighted by molar-refractivity contribution is 8.00. The van der Waals surface area contributed by atoms with Gasteiger partial charge in [0.05, 0.1) is 5.75 Å². The van der Waals surface area contributed by atoms with Gasteiger partial charge in [0.25, 0.3) is 0 Å². The number of hydrogen-bond acceptors (Lipinski definition) is 6. The van der Waals surface area contributed by atoms with Crippen molar-refractivity contribution in [2.45, 2.75) is 18.4 Å². The lowest BCUT2D eigenvalue weighted by Crippen LogP contribution is -1.99. The van der Waals surface area contributed by atoms with E-state index < -0.39 is 5.97 Å². The minimum atomic E-state index is -0.856. The number of thiophene rings is 1. The van der Waals surface area contributed by atoms with Crippen LogP contribution in [-0.2, 0) is 11.2 Å². The second-order valence-corrected chi connectivity index (χ2v) is 6.64. The molecule has 1 N–H and O–H groups in total. The summed E-state index contributed by atoms with van der Waals surface area (Å²) in [6, 6.07) is 5.78. The molecule has 22 heavy (non-hydrogen) atoms. The van der Waals surface area contributed by atoms with Gasteiger partial charge in [-0.15, -0.1) is 11.3 Å². The number of carbonyl (C=O) groups is 1. The molecule has 3 heterocycles. The van der Waals surface area contributed by atoms with Gasteiger partial charge in [-0.25, -0.2) is 9.97 Å². The van der Waals surface area contributed by atoms with Gasteiger partial charge in [0.15, 0.2) is 5.82 Å². The number of pyridine rings is 1. The van der Waals surface area contributed by atoms with E-state index in [1.54, 1.807) is 23.7 Å². The fraction of sp³-hybridized carbons (Fsp3) is 0.200. The molecule has 7 heteroatoms. The number of hydrogen-bond donors (Lipinski definition) is 1. The highest BCUT2D eigenvalue weighted by Gasteiger charge is 2.14. The first-order valence-electron chi connectivity index (χ1n) is 6.73. The van der Waals surface area contributed by atoms with Crippen LogP contribution >= 0.6 is 23.1 Å². The van der Waals surface area contributed by atoms with Crippen molar-refractivity contribution in [2.24, 2.45) is 0 Å². The average molecular weight is 331 g/mol. The van der Waals surface area contributed by atoms with E-state index in [1.807, 2.05) is 12.1 Å². The molecular weight excluding hydrogens is 318 g/mol. The predicted molar refractivity (Wildman–Crippen MR) is 88.4 cm³/mol. The van der Waals surface area contributed by atoms with E-state index in [9.17, 15) is 4.79 Å². The normalized spacial score (nSPS) is 11.0. The Hall–Kier alpha value is -1.99. The molecule has 112 valence electrons. The van der Waals surface area contributed by atoms with Gasteiger partial charge in [-0.2, -0.15) is 0 Å². The number of carboxylic acid groups (broad SMARTS) is 1. The number of rotatable bonds is 5. The fourth-order valence-corrected chi connectivity index (χ4v) is 3.74. The lowest BCUT2D eigenvalue weighted by molar-refractivity contribution is -0.133. The van der Waals surface area contributed by atoms with E-state index >= 15 is 0 Å². The smallest absolute Gasteiger partial charge is 0.313 e. The van der Waals surface area contributed by atoms with E-state index in [0.717, 1.165) is 22.2 Å². The zero-order chi connectivity index (χ0) is 15.5. The van der Waals surface area contributed by atoms with Gasteiger partial charge in [-0.1, -0.05) is 18.7 Å². The average Bonchev–Trinajstić information content (AvgIpc) is 2.96. The maximum Gasteiger partial charge on any atom is 0.313 e. The number of aliphatic carboxylic acids is 1. The van der Waals surface area contributed by atoms with Crippen molar-refractivity contribution < 1.29 is 9.90 Å². The van der Waals surface area contributed by atoms with Gasteiger partial charge in [-0.3, -0.25) is 9.78 Å². The van der Waals surface area contributed by atoms with Crippen molar-refractivity contribution in [2.75, 3.05) is 5.75 Å². The largest absolute Gasteiger partial charge is 0.481 e. The third-order valence-corrected chi connectivity index (χ3v) is 5.16. The maximum absolute atomic E-state index is 10.9. The molecule has 0 aliphatic rings. The topological polar surface area (TPSA) is 76.0 Å². The zero-order valence-corrected chi connectivity index (χ0v) is 13.4. The summed E-state index contributed by atoms with van der Waals surface area (Å²) in [4.78, 5) is 26.2. The molecule has 0 saturated carbocycles. The van der Waals surface area contributed by atoms with Crippen molar-refractivity contribution in [3.63, 3.8) is 0 Å². The Morgan fingerprint density at radius 2 is 2.27 bits per heavy atom. The maximum atomic E-state index is 10.9. The first-order chi connectivity index (χ1) is 10.7. The molecule has 0 radical (unpaired) electrons. The summed E-state index contributed by atoms with van der Waals surface area (Å²) in [5, 5.41) is 10.6. The number of aromatic nitrogens is 3. The van der Waals surface area contributed by atoms with Gasteiger partial charge in [-0.05, 0) is 24.6 Å². The minimum absolute atomic E-state index is 0.0180. The van der Waals surface area contributed by atoms with Gasteiger partial charge in [0.1, 0.15) is 9.86 Å². The molecule has 0 unspecified atom stereocenters. The lowest BCUT2D eigenvalue weighted by Gasteiger charge is -2.04. The molecule has 0 aliphatic carbocycles. The Labute approximate surface area is 135 Å². The van der Waals surface area contributed by atoms with Crippen LogP contribution in [0.15, 0.2) is 35.6 Å². The fourth-order valence-electron chi connectivity index (χ4n) is 1.98. The van der Waals surface area contributed by atoms with Crippen molar-refractivity contribution in [3.05, 3.63) is 35.5 Å². The van der Waals surface area contributed by atoms with Crippen LogP contribution in [-0.4, -0.2) is 31.8 Å². The highest BCUT2D eigenvalue weighted by atomic mass is 32.2. The third-order valence-electron chi connectivity index (χ3n) is 3.01. The van der Waals surface area contributed by atoms with Crippen LogP contribution in [0.25, 0.3) is 21.6 Å². The molecule has 0 bridgehead atoms. The number of thioether (sulfide) groups is 1. The number of fused-ring (bicyclic) bond motifs is 1. The molecule has 0 atom stereocenters. The van der Waals surface area contributed by atoms with Gasteiger partial charge in [0.2, 0.25) is 0 Å². The highest BCUT2D eigenvalue weighted by Crippen LogP contribution is 2.33. The first kappa shape index (κ1) is 14.9. The zero-order valence-electron chi connectivity index (χ0n) is 11.8. The molecule has 0 saturated heterocycles. The van der Waals surface area contributed by atoms with Crippen LogP contribution in [0.1, 0.15) is 11.8 Å². The molecule has 3 aromatic rings. The predicted octanol–water partition coefficient (Wildman–Crippen LogP) is 3.49. The molecule has 0 aromatic carbocycles. The molecule has 3 aromatic heterocycles. The lowest BCUT2D eigenvalue weighted by atomic mass is 10.2. The van der Waals surface area contributed by atoms with Crippen LogP contribution in [0.5, 0.6) is 0 Å². The molecular formula is C15H13N3O2S2. The van der Waals surface area contributed by atoms with Gasteiger partial charge >= 0.3 is 5.97 Å². The van der Waals surface area contributed by atoms with E-state index in [-0.39, 0.29) is 5.75 Å². The number of carboxylic acids is 1. The first-order valence-corrected chi connectivity index (χ1v) is 8.53. The summed E-state index contributed by atoms with van der Waals surface area (Å²) in [5.41, 5.74) is 0.827. The van der Waals surface area contributed by atoms with E-state index in [0.29, 0.717) is 10.9 Å². The molecule has 0 aliphatic heterocycles. The number of aryl methyl sites for hydroxylation is 1. The van der Waals surface area contributed by atoms with E-state index in [4.69, 9.17) is 5.11 Å². The number of nitrogens with zero attached hydrogens (tertiary/aromatic N) is 3. The summed E-state index contributed by atoms with van der Waals surface area (Å²) in [6.45, 7) is 2.09. The standard InChI is InChI=1S/C15H13N3O2S2/c1-2-10-6-11-14(21-8-12(19)20)17-13(18-15(11)22-10)9-4-3-5-16-7-9/h3-7H,2,8H2,1H3,(H,19,20). The third kappa shape index (κ3) is 3.10. The quantitative estimate of drug-likeness (QED) is 0.570. The van der Waals surface area contributed by atoms with Gasteiger partial charge < -0.3 is 5.11 Å². The Kier molecular flexibility index (Phi) is 4.35.